The lowest BCUT2D eigenvalue weighted by molar-refractivity contribution is -0.136. The predicted molar refractivity (Wildman–Crippen MR) is 103 cm³/mol. The Bertz CT molecular complexity index is 989. The van der Waals surface area contributed by atoms with E-state index in [1.165, 1.54) is 17.6 Å². The molecule has 0 radical (unpaired) electrons. The van der Waals surface area contributed by atoms with Crippen LogP contribution in [0, 0.1) is 13.8 Å². The Morgan fingerprint density at radius 2 is 1.85 bits per heavy atom. The van der Waals surface area contributed by atoms with Crippen LogP contribution in [0.3, 0.4) is 0 Å². The highest BCUT2D eigenvalue weighted by molar-refractivity contribution is 7.14. The number of aryl methyl sites for hydroxylation is 2. The fourth-order valence-electron chi connectivity index (χ4n) is 2.42. The lowest BCUT2D eigenvalue weighted by Gasteiger charge is -2.09. The van der Waals surface area contributed by atoms with Gasteiger partial charge in [0.1, 0.15) is 0 Å². The number of ketones is 1. The normalized spacial score (nSPS) is 10.4. The van der Waals surface area contributed by atoms with Gasteiger partial charge in [-0.1, -0.05) is 12.1 Å². The number of benzene rings is 1. The first-order valence-electron chi connectivity index (χ1n) is 8.27. The van der Waals surface area contributed by atoms with Crippen LogP contribution in [-0.2, 0) is 16.1 Å². The highest BCUT2D eigenvalue weighted by Gasteiger charge is 2.17. The van der Waals surface area contributed by atoms with E-state index in [4.69, 9.17) is 4.42 Å². The van der Waals surface area contributed by atoms with Crippen molar-refractivity contribution in [2.45, 2.75) is 20.4 Å². The van der Waals surface area contributed by atoms with Gasteiger partial charge in [0, 0.05) is 10.6 Å². The van der Waals surface area contributed by atoms with Crippen LogP contribution in [-0.4, -0.2) is 17.6 Å². The molecule has 138 valence electrons. The molecule has 3 aromatic rings. The van der Waals surface area contributed by atoms with E-state index >= 15 is 0 Å². The van der Waals surface area contributed by atoms with Crippen LogP contribution in [0.2, 0.25) is 0 Å². The largest absolute Gasteiger partial charge is 0.461 e. The van der Waals surface area contributed by atoms with Crippen LogP contribution in [0.5, 0.6) is 0 Å². The molecule has 0 aliphatic heterocycles. The Morgan fingerprint density at radius 1 is 1.04 bits per heavy atom. The van der Waals surface area contributed by atoms with Gasteiger partial charge in [0.15, 0.2) is 5.76 Å². The number of nitrogens with one attached hydrogen (secondary N) is 2. The van der Waals surface area contributed by atoms with Gasteiger partial charge in [-0.05, 0) is 55.3 Å². The molecule has 0 bridgehead atoms. The van der Waals surface area contributed by atoms with Crippen LogP contribution in [0.15, 0.2) is 53.1 Å². The van der Waals surface area contributed by atoms with E-state index in [-0.39, 0.29) is 18.1 Å². The molecule has 7 heteroatoms. The molecule has 0 saturated carbocycles. The van der Waals surface area contributed by atoms with Crippen molar-refractivity contribution < 1.29 is 18.8 Å². The molecule has 2 heterocycles. The molecule has 2 amide bonds. The molecule has 0 aliphatic rings. The summed E-state index contributed by atoms with van der Waals surface area (Å²) in [5.74, 6) is -1.41. The maximum absolute atomic E-state index is 12.2. The van der Waals surface area contributed by atoms with Gasteiger partial charge in [-0.25, -0.2) is 0 Å². The van der Waals surface area contributed by atoms with Gasteiger partial charge in [-0.3, -0.25) is 14.4 Å². The Kier molecular flexibility index (Phi) is 5.52. The molecule has 0 atom stereocenters. The minimum atomic E-state index is -0.733. The second-order valence-electron chi connectivity index (χ2n) is 6.03. The summed E-state index contributed by atoms with van der Waals surface area (Å²) >= 11 is 1.25. The molecule has 0 spiro atoms. The monoisotopic (exact) mass is 382 g/mol. The van der Waals surface area contributed by atoms with Gasteiger partial charge in [0.05, 0.1) is 17.7 Å². The number of furan rings is 1. The molecule has 2 N–H and O–H groups in total. The third kappa shape index (κ3) is 4.51. The first-order chi connectivity index (χ1) is 12.9. The first-order valence-corrected chi connectivity index (χ1v) is 9.09. The number of anilines is 1. The van der Waals surface area contributed by atoms with Crippen molar-refractivity contribution in [3.8, 4) is 0 Å². The summed E-state index contributed by atoms with van der Waals surface area (Å²) in [5.41, 5.74) is 2.47. The molecule has 1 aromatic carbocycles. The number of amides is 2. The second-order valence-corrected chi connectivity index (χ2v) is 7.20. The van der Waals surface area contributed by atoms with E-state index in [0.717, 1.165) is 16.0 Å². The summed E-state index contributed by atoms with van der Waals surface area (Å²) in [4.78, 5) is 37.6. The maximum atomic E-state index is 12.2. The molecule has 6 nitrogen and oxygen atoms in total. The summed E-state index contributed by atoms with van der Waals surface area (Å²) < 4.78 is 5.10. The lowest BCUT2D eigenvalue weighted by Crippen LogP contribution is -2.34. The topological polar surface area (TPSA) is 88.4 Å². The minimum Gasteiger partial charge on any atom is -0.461 e. The zero-order valence-corrected chi connectivity index (χ0v) is 15.7. The minimum absolute atomic E-state index is 0.162. The number of hydrogen-bond donors (Lipinski definition) is 2. The molecular weight excluding hydrogens is 364 g/mol. The molecule has 0 aliphatic carbocycles. The van der Waals surface area contributed by atoms with Gasteiger partial charge >= 0.3 is 11.8 Å². The fourth-order valence-corrected chi connectivity index (χ4v) is 3.31. The van der Waals surface area contributed by atoms with E-state index in [9.17, 15) is 14.4 Å². The SMILES string of the molecule is Cc1ccc(C)c(NC(=O)C(=O)NCc2ccc(C(=O)c3ccco3)s2)c1. The number of rotatable bonds is 5. The van der Waals surface area contributed by atoms with Crippen LogP contribution >= 0.6 is 11.3 Å². The maximum Gasteiger partial charge on any atom is 0.313 e. The summed E-state index contributed by atoms with van der Waals surface area (Å²) in [6.45, 7) is 3.93. The lowest BCUT2D eigenvalue weighted by atomic mass is 10.1. The molecular formula is C20H18N2O4S. The number of carbonyl (C=O) groups is 3. The smallest absolute Gasteiger partial charge is 0.313 e. The second kappa shape index (κ2) is 8.01. The van der Waals surface area contributed by atoms with Crippen LogP contribution < -0.4 is 10.6 Å². The third-order valence-electron chi connectivity index (χ3n) is 3.90. The van der Waals surface area contributed by atoms with E-state index in [0.29, 0.717) is 10.6 Å². The average molecular weight is 382 g/mol. The summed E-state index contributed by atoms with van der Waals surface area (Å²) in [5, 5.41) is 5.18. The van der Waals surface area contributed by atoms with Gasteiger partial charge < -0.3 is 15.1 Å². The molecule has 0 unspecified atom stereocenters. The molecule has 0 fully saturated rings. The Hall–Kier alpha value is -3.19. The molecule has 0 saturated heterocycles. The Balaban J connectivity index is 1.57. The Labute approximate surface area is 160 Å². The highest BCUT2D eigenvalue weighted by Crippen LogP contribution is 2.20. The van der Waals surface area contributed by atoms with Gasteiger partial charge in [0.2, 0.25) is 5.78 Å². The van der Waals surface area contributed by atoms with Crippen molar-refractivity contribution in [1.29, 1.82) is 0 Å². The summed E-state index contributed by atoms with van der Waals surface area (Å²) in [6, 6.07) is 12.3. The molecule has 27 heavy (non-hydrogen) atoms. The van der Waals surface area contributed by atoms with Crippen molar-refractivity contribution in [3.63, 3.8) is 0 Å². The van der Waals surface area contributed by atoms with Crippen molar-refractivity contribution in [1.82, 2.24) is 5.32 Å². The van der Waals surface area contributed by atoms with Crippen molar-refractivity contribution in [2.24, 2.45) is 0 Å². The third-order valence-corrected chi connectivity index (χ3v) is 4.99. The average Bonchev–Trinajstić information content (AvgIpc) is 3.34. The molecule has 2 aromatic heterocycles. The fraction of sp³-hybridized carbons (Fsp3) is 0.150. The standard InChI is InChI=1S/C20H18N2O4S/c1-12-5-6-13(2)15(10-12)22-20(25)19(24)21-11-14-7-8-17(27-14)18(23)16-4-3-9-26-16/h3-10H,11H2,1-2H3,(H,21,24)(H,22,25). The number of thiophene rings is 1. The van der Waals surface area contributed by atoms with E-state index < -0.39 is 11.8 Å². The van der Waals surface area contributed by atoms with Crippen molar-refractivity contribution >= 4 is 34.6 Å². The van der Waals surface area contributed by atoms with Gasteiger partial charge in [0.25, 0.3) is 0 Å². The number of hydrogen-bond acceptors (Lipinski definition) is 5. The van der Waals surface area contributed by atoms with E-state index in [2.05, 4.69) is 10.6 Å². The van der Waals surface area contributed by atoms with E-state index in [1.54, 1.807) is 24.3 Å². The predicted octanol–water partition coefficient (Wildman–Crippen LogP) is 3.44. The van der Waals surface area contributed by atoms with E-state index in [1.807, 2.05) is 32.0 Å². The zero-order valence-electron chi connectivity index (χ0n) is 14.9. The van der Waals surface area contributed by atoms with Crippen LogP contribution in [0.25, 0.3) is 0 Å². The summed E-state index contributed by atoms with van der Waals surface area (Å²) in [6.07, 6.45) is 1.44. The van der Waals surface area contributed by atoms with Crippen LogP contribution in [0.1, 0.15) is 31.4 Å². The van der Waals surface area contributed by atoms with Crippen molar-refractivity contribution in [3.05, 3.63) is 75.4 Å². The molecule has 3 rings (SSSR count). The quantitative estimate of drug-likeness (QED) is 0.523. The highest BCUT2D eigenvalue weighted by atomic mass is 32.1. The van der Waals surface area contributed by atoms with Gasteiger partial charge in [-0.2, -0.15) is 0 Å². The number of carbonyl (C=O) groups excluding carboxylic acids is 3. The zero-order chi connectivity index (χ0) is 19.4. The van der Waals surface area contributed by atoms with Crippen molar-refractivity contribution in [2.75, 3.05) is 5.32 Å². The van der Waals surface area contributed by atoms with Gasteiger partial charge in [-0.15, -0.1) is 11.3 Å². The Morgan fingerprint density at radius 3 is 2.59 bits per heavy atom. The summed E-state index contributed by atoms with van der Waals surface area (Å²) in [7, 11) is 0. The van der Waals surface area contributed by atoms with Crippen LogP contribution in [0.4, 0.5) is 5.69 Å². The first kappa shape index (κ1) is 18.6.